The summed E-state index contributed by atoms with van der Waals surface area (Å²) in [5.74, 6) is -4.20. The molecule has 3 N–H and O–H groups in total. The van der Waals surface area contributed by atoms with Crippen LogP contribution < -0.4 is 25.4 Å². The Hall–Kier alpha value is -6.83. The van der Waals surface area contributed by atoms with E-state index in [1.807, 2.05) is 12.1 Å². The molecule has 0 saturated carbocycles. The van der Waals surface area contributed by atoms with Crippen molar-refractivity contribution < 1.29 is 51.0 Å². The Bertz CT molecular complexity index is 2440. The second-order valence-corrected chi connectivity index (χ2v) is 14.7. The van der Waals surface area contributed by atoms with E-state index in [-0.39, 0.29) is 72.2 Å². The first-order valence-corrected chi connectivity index (χ1v) is 18.9. The summed E-state index contributed by atoms with van der Waals surface area (Å²) in [6.07, 6.45) is -3.18. The van der Waals surface area contributed by atoms with E-state index in [0.717, 1.165) is 23.3 Å². The lowest BCUT2D eigenvalue weighted by Gasteiger charge is -2.33. The quantitative estimate of drug-likeness (QED) is 0.184. The van der Waals surface area contributed by atoms with Crippen LogP contribution in [-0.2, 0) is 30.6 Å². The summed E-state index contributed by atoms with van der Waals surface area (Å²) in [4.78, 5) is 74.3. The lowest BCUT2D eigenvalue weighted by atomic mass is 10.0. The second-order valence-electron chi connectivity index (χ2n) is 14.7. The van der Waals surface area contributed by atoms with Gasteiger partial charge in [-0.25, -0.2) is 24.2 Å². The molecular formula is C40H37F4N9O7. The fourth-order valence-electron chi connectivity index (χ4n) is 7.67. The monoisotopic (exact) mass is 831 g/mol. The summed E-state index contributed by atoms with van der Waals surface area (Å²) in [5, 5.41) is 10.4. The van der Waals surface area contributed by atoms with E-state index in [0.29, 0.717) is 49.8 Å². The zero-order valence-corrected chi connectivity index (χ0v) is 32.2. The van der Waals surface area contributed by atoms with Gasteiger partial charge in [-0.3, -0.25) is 29.4 Å². The van der Waals surface area contributed by atoms with Crippen LogP contribution in [0, 0.1) is 5.82 Å². The summed E-state index contributed by atoms with van der Waals surface area (Å²) >= 11 is 0. The maximum Gasteiger partial charge on any atom is 0.423 e. The first kappa shape index (κ1) is 40.0. The molecule has 60 heavy (non-hydrogen) atoms. The van der Waals surface area contributed by atoms with Crippen LogP contribution in [0.15, 0.2) is 54.7 Å². The Morgan fingerprint density at radius 1 is 0.950 bits per heavy atom. The maximum absolute atomic E-state index is 15.6. The zero-order valence-electron chi connectivity index (χ0n) is 32.2. The molecule has 0 aliphatic carbocycles. The van der Waals surface area contributed by atoms with Gasteiger partial charge in [0.05, 0.1) is 37.0 Å². The molecule has 20 heteroatoms. The number of ether oxygens (including phenoxy) is 2. The number of hydrogen-bond donors (Lipinski definition) is 3. The molecule has 4 aromatic rings. The van der Waals surface area contributed by atoms with Crippen LogP contribution in [0.3, 0.4) is 0 Å². The Labute approximate surface area is 339 Å². The standard InChI is InChI=1S/C40H37F4N9O7/c1-50-19-22-4-3-5-30(33(22)37(50)57)60-35-27(40(42,43)44)17-45-38(49-35)47-29-16-28(41)26(15-31(29)59-2)34(55)46-24-8-11-51(12-9-24)18-21-6-7-25-23(14-21)20-53(36(25)56)52-13-10-32(54)48-39(52)58/h3-7,14-17,24H,8-13,18-20H2,1-2H3,(H,46,55)(H,45,47,49)(H,48,54,58). The van der Waals surface area contributed by atoms with Crippen LogP contribution in [0.25, 0.3) is 0 Å². The number of fused-ring (bicyclic) bond motifs is 2. The fraction of sp³-hybridized carbons (Fsp3) is 0.325. The Morgan fingerprint density at radius 3 is 2.47 bits per heavy atom. The molecular weight excluding hydrogens is 794 g/mol. The number of benzene rings is 3. The van der Waals surface area contributed by atoms with E-state index < -0.39 is 47.2 Å². The highest BCUT2D eigenvalue weighted by atomic mass is 19.4. The van der Waals surface area contributed by atoms with Crippen molar-refractivity contribution in [2.45, 2.75) is 51.1 Å². The molecule has 2 saturated heterocycles. The van der Waals surface area contributed by atoms with Crippen LogP contribution in [0.4, 0.5) is 34.0 Å². The minimum atomic E-state index is -4.92. The topological polar surface area (TPSA) is 179 Å². The molecule has 16 nitrogen and oxygen atoms in total. The molecule has 4 aliphatic rings. The molecule has 1 aromatic heterocycles. The number of hydrogen-bond acceptors (Lipinski definition) is 11. The minimum absolute atomic E-state index is 0.0229. The lowest BCUT2D eigenvalue weighted by Crippen LogP contribution is -2.56. The number of alkyl halides is 3. The molecule has 312 valence electrons. The number of urea groups is 1. The van der Waals surface area contributed by atoms with E-state index >= 15 is 4.39 Å². The number of likely N-dealkylation sites (tertiary alicyclic amines) is 1. The van der Waals surface area contributed by atoms with Gasteiger partial charge in [0.1, 0.15) is 22.9 Å². The highest BCUT2D eigenvalue weighted by Gasteiger charge is 2.39. The number of methoxy groups -OCH3 is 1. The summed E-state index contributed by atoms with van der Waals surface area (Å²) < 4.78 is 68.7. The average molecular weight is 832 g/mol. The fourth-order valence-corrected chi connectivity index (χ4v) is 7.67. The van der Waals surface area contributed by atoms with Gasteiger partial charge in [-0.15, -0.1) is 0 Å². The molecule has 0 bridgehead atoms. The van der Waals surface area contributed by atoms with E-state index in [1.54, 1.807) is 25.2 Å². The number of carbonyl (C=O) groups excluding carboxylic acids is 5. The largest absolute Gasteiger partial charge is 0.495 e. The van der Waals surface area contributed by atoms with Crippen molar-refractivity contribution in [3.63, 3.8) is 0 Å². The highest BCUT2D eigenvalue weighted by molar-refractivity contribution is 6.02. The number of nitrogens with zero attached hydrogens (tertiary/aromatic N) is 6. The first-order chi connectivity index (χ1) is 28.7. The molecule has 5 heterocycles. The third-order valence-corrected chi connectivity index (χ3v) is 10.7. The van der Waals surface area contributed by atoms with Crippen LogP contribution in [-0.4, -0.2) is 99.3 Å². The predicted octanol–water partition coefficient (Wildman–Crippen LogP) is 4.97. The van der Waals surface area contributed by atoms with Gasteiger partial charge < -0.3 is 25.0 Å². The lowest BCUT2D eigenvalue weighted by molar-refractivity contribution is -0.139. The average Bonchev–Trinajstić information content (AvgIpc) is 3.69. The van der Waals surface area contributed by atoms with Gasteiger partial charge in [0, 0.05) is 63.5 Å². The second kappa shape index (κ2) is 15.7. The molecule has 4 aliphatic heterocycles. The number of nitrogens with one attached hydrogen (secondary N) is 3. The normalized spacial score (nSPS) is 17.1. The van der Waals surface area contributed by atoms with Gasteiger partial charge in [0.15, 0.2) is 0 Å². The Kier molecular flexibility index (Phi) is 10.5. The predicted molar refractivity (Wildman–Crippen MR) is 203 cm³/mol. The minimum Gasteiger partial charge on any atom is -0.495 e. The molecule has 6 amide bonds. The number of carbonyl (C=O) groups is 5. The molecule has 8 rings (SSSR count). The summed E-state index contributed by atoms with van der Waals surface area (Å²) in [6, 6.07) is 11.3. The van der Waals surface area contributed by atoms with Gasteiger partial charge in [-0.05, 0) is 47.7 Å². The SMILES string of the molecule is COc1cc(C(=O)NC2CCN(Cc3ccc4c(c3)CN(N3CCC(=O)NC3=O)C4=O)CC2)c(F)cc1Nc1ncc(C(F)(F)F)c(Oc2cccc3c2C(=O)N(C)C3)n1. The van der Waals surface area contributed by atoms with Gasteiger partial charge in [0.2, 0.25) is 17.7 Å². The molecule has 0 spiro atoms. The van der Waals surface area contributed by atoms with Crippen LogP contribution in [0.1, 0.15) is 72.6 Å². The van der Waals surface area contributed by atoms with E-state index in [4.69, 9.17) is 9.47 Å². The zero-order chi connectivity index (χ0) is 42.5. The van der Waals surface area contributed by atoms with E-state index in [1.165, 1.54) is 28.1 Å². The smallest absolute Gasteiger partial charge is 0.423 e. The Balaban J connectivity index is 0.896. The third-order valence-electron chi connectivity index (χ3n) is 10.7. The Morgan fingerprint density at radius 2 is 1.73 bits per heavy atom. The van der Waals surface area contributed by atoms with Crippen molar-refractivity contribution in [1.82, 2.24) is 40.4 Å². The first-order valence-electron chi connectivity index (χ1n) is 18.9. The third kappa shape index (κ3) is 7.84. The van der Waals surface area contributed by atoms with E-state index in [9.17, 15) is 37.1 Å². The number of halogens is 4. The van der Waals surface area contributed by atoms with Crippen LogP contribution in [0.5, 0.6) is 17.4 Å². The van der Waals surface area contributed by atoms with Crippen LogP contribution >= 0.6 is 0 Å². The molecule has 0 atom stereocenters. The van der Waals surface area contributed by atoms with Crippen molar-refractivity contribution in [3.05, 3.63) is 99.5 Å². The van der Waals surface area contributed by atoms with Gasteiger partial charge >= 0.3 is 12.2 Å². The van der Waals surface area contributed by atoms with Crippen molar-refractivity contribution in [2.75, 3.05) is 39.1 Å². The van der Waals surface area contributed by atoms with E-state index in [2.05, 4.69) is 30.8 Å². The van der Waals surface area contributed by atoms with Crippen molar-refractivity contribution in [2.24, 2.45) is 0 Å². The number of piperidine rings is 1. The molecule has 2 fully saturated rings. The highest BCUT2D eigenvalue weighted by Crippen LogP contribution is 2.40. The van der Waals surface area contributed by atoms with Gasteiger partial charge in [-0.2, -0.15) is 18.2 Å². The number of rotatable bonds is 10. The molecule has 0 radical (unpaired) electrons. The van der Waals surface area contributed by atoms with Gasteiger partial charge in [-0.1, -0.05) is 24.3 Å². The van der Waals surface area contributed by atoms with Crippen molar-refractivity contribution >= 4 is 41.3 Å². The van der Waals surface area contributed by atoms with Crippen molar-refractivity contribution in [1.29, 1.82) is 0 Å². The number of amides is 6. The van der Waals surface area contributed by atoms with Gasteiger partial charge in [0.25, 0.3) is 17.7 Å². The molecule has 3 aromatic carbocycles. The summed E-state index contributed by atoms with van der Waals surface area (Å²) in [5.41, 5.74) is 1.20. The maximum atomic E-state index is 15.6. The number of anilines is 2. The summed E-state index contributed by atoms with van der Waals surface area (Å²) in [6.45, 7) is 2.37. The summed E-state index contributed by atoms with van der Waals surface area (Å²) in [7, 11) is 2.82. The van der Waals surface area contributed by atoms with Crippen molar-refractivity contribution in [3.8, 4) is 17.4 Å². The molecule has 0 unspecified atom stereocenters. The number of imide groups is 1. The number of aromatic nitrogens is 2. The van der Waals surface area contributed by atoms with Crippen LogP contribution in [0.2, 0.25) is 0 Å². The number of hydrazine groups is 1.